The van der Waals surface area contributed by atoms with E-state index in [4.69, 9.17) is 16.3 Å². The second-order valence-electron chi connectivity index (χ2n) is 2.95. The smallest absolute Gasteiger partial charge is 0.107 e. The lowest BCUT2D eigenvalue weighted by Gasteiger charge is -2.26. The molecule has 2 heterocycles. The fraction of sp³-hybridized carbons (Fsp3) is 0.500. The third-order valence-electron chi connectivity index (χ3n) is 1.90. The molecule has 1 fully saturated rings. The first-order valence-corrected chi connectivity index (χ1v) is 5.99. The van der Waals surface area contributed by atoms with Crippen molar-refractivity contribution in [3.63, 3.8) is 0 Å². The molecule has 1 saturated heterocycles. The molecule has 13 heavy (non-hydrogen) atoms. The van der Waals surface area contributed by atoms with Crippen molar-refractivity contribution in [2.45, 2.75) is 12.6 Å². The predicted octanol–water partition coefficient (Wildman–Crippen LogP) is 2.65. The molecule has 0 amide bonds. The van der Waals surface area contributed by atoms with Gasteiger partial charge < -0.3 is 10.1 Å². The molecule has 0 atom stereocenters. The Labute approximate surface area is 94.4 Å². The van der Waals surface area contributed by atoms with Crippen molar-refractivity contribution in [1.29, 1.82) is 0 Å². The highest BCUT2D eigenvalue weighted by atomic mass is 79.9. The Morgan fingerprint density at radius 2 is 2.46 bits per heavy atom. The Hall–Kier alpha value is 0.390. The second-order valence-corrected chi connectivity index (χ2v) is 5.54. The van der Waals surface area contributed by atoms with Crippen LogP contribution in [0.4, 0.5) is 0 Å². The summed E-state index contributed by atoms with van der Waals surface area (Å²) in [6.07, 6.45) is 0. The van der Waals surface area contributed by atoms with Crippen LogP contribution >= 0.6 is 38.9 Å². The van der Waals surface area contributed by atoms with Gasteiger partial charge in [-0.05, 0) is 22.0 Å². The van der Waals surface area contributed by atoms with E-state index in [-0.39, 0.29) is 0 Å². The van der Waals surface area contributed by atoms with Crippen LogP contribution in [0.2, 0.25) is 4.34 Å². The van der Waals surface area contributed by atoms with Crippen molar-refractivity contribution >= 4 is 38.9 Å². The quantitative estimate of drug-likeness (QED) is 0.920. The lowest BCUT2D eigenvalue weighted by atomic mass is 10.2. The number of rotatable bonds is 3. The highest BCUT2D eigenvalue weighted by molar-refractivity contribution is 9.10. The third kappa shape index (κ3) is 2.44. The molecule has 5 heteroatoms. The van der Waals surface area contributed by atoms with E-state index in [9.17, 15) is 0 Å². The van der Waals surface area contributed by atoms with Crippen LogP contribution in [0.3, 0.4) is 0 Å². The van der Waals surface area contributed by atoms with Gasteiger partial charge in [-0.3, -0.25) is 0 Å². The zero-order valence-corrected chi connectivity index (χ0v) is 10.0. The number of halogens is 2. The molecular weight excluding hydrogens is 274 g/mol. The van der Waals surface area contributed by atoms with E-state index in [1.54, 1.807) is 11.3 Å². The van der Waals surface area contributed by atoms with Gasteiger partial charge in [-0.1, -0.05) is 11.6 Å². The normalized spacial score (nSPS) is 17.4. The van der Waals surface area contributed by atoms with E-state index >= 15 is 0 Å². The van der Waals surface area contributed by atoms with E-state index in [0.717, 1.165) is 28.6 Å². The Kier molecular flexibility index (Phi) is 3.26. The van der Waals surface area contributed by atoms with Gasteiger partial charge in [-0.2, -0.15) is 0 Å². The van der Waals surface area contributed by atoms with Gasteiger partial charge in [0.05, 0.1) is 19.3 Å². The summed E-state index contributed by atoms with van der Waals surface area (Å²) in [7, 11) is 0. The summed E-state index contributed by atoms with van der Waals surface area (Å²) in [6.45, 7) is 2.55. The molecule has 1 aliphatic heterocycles. The Morgan fingerprint density at radius 1 is 1.69 bits per heavy atom. The van der Waals surface area contributed by atoms with Crippen molar-refractivity contribution in [3.8, 4) is 0 Å². The van der Waals surface area contributed by atoms with Crippen LogP contribution in [0, 0.1) is 0 Å². The van der Waals surface area contributed by atoms with Crippen LogP contribution in [-0.2, 0) is 11.3 Å². The number of thiophene rings is 1. The Morgan fingerprint density at radius 3 is 2.92 bits per heavy atom. The van der Waals surface area contributed by atoms with E-state index in [0.29, 0.717) is 6.04 Å². The van der Waals surface area contributed by atoms with Gasteiger partial charge in [-0.25, -0.2) is 0 Å². The molecular formula is C8H9BrClNOS. The molecule has 72 valence electrons. The van der Waals surface area contributed by atoms with Gasteiger partial charge in [0.25, 0.3) is 0 Å². The Bertz CT molecular complexity index is 281. The van der Waals surface area contributed by atoms with Gasteiger partial charge in [-0.15, -0.1) is 11.3 Å². The summed E-state index contributed by atoms with van der Waals surface area (Å²) in [5, 5.41) is 3.38. The average molecular weight is 283 g/mol. The SMILES string of the molecule is Clc1sc(CNC2COC2)cc1Br. The molecule has 0 spiro atoms. The van der Waals surface area contributed by atoms with Crippen molar-refractivity contribution in [2.75, 3.05) is 13.2 Å². The summed E-state index contributed by atoms with van der Waals surface area (Å²) >= 11 is 10.9. The van der Waals surface area contributed by atoms with Crippen molar-refractivity contribution in [3.05, 3.63) is 19.8 Å². The van der Waals surface area contributed by atoms with Gasteiger partial charge in [0.2, 0.25) is 0 Å². The first-order chi connectivity index (χ1) is 6.25. The summed E-state index contributed by atoms with van der Waals surface area (Å²) < 4.78 is 6.87. The lowest BCUT2D eigenvalue weighted by Crippen LogP contribution is -2.45. The number of hydrogen-bond acceptors (Lipinski definition) is 3. The molecule has 1 aliphatic rings. The highest BCUT2D eigenvalue weighted by Crippen LogP contribution is 2.31. The van der Waals surface area contributed by atoms with Crippen LogP contribution in [0.1, 0.15) is 4.88 Å². The van der Waals surface area contributed by atoms with Gasteiger partial charge in [0, 0.05) is 15.9 Å². The average Bonchev–Trinajstić information content (AvgIpc) is 2.28. The van der Waals surface area contributed by atoms with Gasteiger partial charge >= 0.3 is 0 Å². The molecule has 0 bridgehead atoms. The van der Waals surface area contributed by atoms with E-state index in [1.165, 1.54) is 4.88 Å². The molecule has 2 nitrogen and oxygen atoms in total. The maximum Gasteiger partial charge on any atom is 0.107 e. The van der Waals surface area contributed by atoms with E-state index in [2.05, 4.69) is 27.3 Å². The molecule has 0 aliphatic carbocycles. The standard InChI is InChI=1S/C8H9BrClNOS/c9-7-1-6(13-8(7)10)2-11-5-3-12-4-5/h1,5,11H,2-4H2. The van der Waals surface area contributed by atoms with Crippen LogP contribution in [0.15, 0.2) is 10.5 Å². The topological polar surface area (TPSA) is 21.3 Å². The van der Waals surface area contributed by atoms with Crippen LogP contribution in [-0.4, -0.2) is 19.3 Å². The summed E-state index contributed by atoms with van der Waals surface area (Å²) in [5.74, 6) is 0. The first kappa shape index (κ1) is 9.93. The number of nitrogens with one attached hydrogen (secondary N) is 1. The third-order valence-corrected chi connectivity index (χ3v) is 4.37. The summed E-state index contributed by atoms with van der Waals surface area (Å²) in [4.78, 5) is 1.25. The summed E-state index contributed by atoms with van der Waals surface area (Å²) in [6, 6.07) is 2.58. The van der Waals surface area contributed by atoms with Crippen LogP contribution in [0.5, 0.6) is 0 Å². The van der Waals surface area contributed by atoms with Crippen molar-refractivity contribution in [2.24, 2.45) is 0 Å². The van der Waals surface area contributed by atoms with E-state index in [1.807, 2.05) is 0 Å². The molecule has 1 aromatic heterocycles. The predicted molar refractivity (Wildman–Crippen MR) is 58.5 cm³/mol. The molecule has 0 unspecified atom stereocenters. The molecule has 0 radical (unpaired) electrons. The first-order valence-electron chi connectivity index (χ1n) is 4.00. The number of hydrogen-bond donors (Lipinski definition) is 1. The fourth-order valence-corrected chi connectivity index (χ4v) is 2.82. The monoisotopic (exact) mass is 281 g/mol. The molecule has 1 aromatic rings. The van der Waals surface area contributed by atoms with Crippen molar-refractivity contribution in [1.82, 2.24) is 5.32 Å². The fourth-order valence-electron chi connectivity index (χ4n) is 1.08. The second kappa shape index (κ2) is 4.28. The maximum absolute atomic E-state index is 5.91. The highest BCUT2D eigenvalue weighted by Gasteiger charge is 2.17. The molecule has 0 aromatic carbocycles. The Balaban J connectivity index is 1.86. The molecule has 1 N–H and O–H groups in total. The molecule has 0 saturated carbocycles. The summed E-state index contributed by atoms with van der Waals surface area (Å²) in [5.41, 5.74) is 0. The minimum atomic E-state index is 0.527. The van der Waals surface area contributed by atoms with Crippen molar-refractivity contribution < 1.29 is 4.74 Å². The minimum absolute atomic E-state index is 0.527. The number of ether oxygens (including phenoxy) is 1. The van der Waals surface area contributed by atoms with E-state index < -0.39 is 0 Å². The molecule has 2 rings (SSSR count). The zero-order chi connectivity index (χ0) is 9.26. The van der Waals surface area contributed by atoms with Gasteiger partial charge in [0.1, 0.15) is 4.34 Å². The maximum atomic E-state index is 5.91. The zero-order valence-electron chi connectivity index (χ0n) is 6.85. The lowest BCUT2D eigenvalue weighted by molar-refractivity contribution is -0.00567. The van der Waals surface area contributed by atoms with Crippen LogP contribution < -0.4 is 5.32 Å². The van der Waals surface area contributed by atoms with Gasteiger partial charge in [0.15, 0.2) is 0 Å². The largest absolute Gasteiger partial charge is 0.378 e. The van der Waals surface area contributed by atoms with Crippen LogP contribution in [0.25, 0.3) is 0 Å². The minimum Gasteiger partial charge on any atom is -0.378 e.